The Labute approximate surface area is 221 Å². The van der Waals surface area contributed by atoms with Gasteiger partial charge in [0.1, 0.15) is 6.61 Å². The molecule has 1 aliphatic heterocycles. The Hall–Kier alpha value is -3.08. The highest BCUT2D eigenvalue weighted by atomic mass is 16.5. The second-order valence-corrected chi connectivity index (χ2v) is 12.1. The molecule has 0 spiro atoms. The summed E-state index contributed by atoms with van der Waals surface area (Å²) in [6.07, 6.45) is 6.65. The third-order valence-corrected chi connectivity index (χ3v) is 7.68. The van der Waals surface area contributed by atoms with Gasteiger partial charge in [-0.1, -0.05) is 52.5 Å². The van der Waals surface area contributed by atoms with E-state index in [4.69, 9.17) is 9.47 Å². The molecule has 5 heteroatoms. The first-order valence-corrected chi connectivity index (χ1v) is 13.3. The van der Waals surface area contributed by atoms with Crippen molar-refractivity contribution >= 4 is 11.6 Å². The average Bonchev–Trinajstić information content (AvgIpc) is 2.79. The summed E-state index contributed by atoms with van der Waals surface area (Å²) in [5, 5.41) is 0. The number of ether oxygens (including phenoxy) is 2. The van der Waals surface area contributed by atoms with Crippen molar-refractivity contribution in [2.75, 3.05) is 20.3 Å². The van der Waals surface area contributed by atoms with Crippen molar-refractivity contribution in [2.45, 2.75) is 72.6 Å². The lowest BCUT2D eigenvalue weighted by molar-refractivity contribution is -0.119. The molecule has 0 aromatic heterocycles. The topological polar surface area (TPSA) is 55.8 Å². The average molecular weight is 504 g/mol. The van der Waals surface area contributed by atoms with E-state index in [0.717, 1.165) is 46.5 Å². The van der Waals surface area contributed by atoms with Gasteiger partial charge in [0.05, 0.1) is 6.61 Å². The molecule has 0 saturated heterocycles. The van der Waals surface area contributed by atoms with E-state index in [1.165, 1.54) is 0 Å². The second kappa shape index (κ2) is 10.00. The summed E-state index contributed by atoms with van der Waals surface area (Å²) in [6, 6.07) is 4.05. The van der Waals surface area contributed by atoms with Crippen molar-refractivity contribution in [1.29, 1.82) is 0 Å². The maximum atomic E-state index is 13.8. The van der Waals surface area contributed by atoms with Gasteiger partial charge < -0.3 is 14.4 Å². The Kier molecular flexibility index (Phi) is 7.29. The zero-order valence-electron chi connectivity index (χ0n) is 23.3. The molecule has 0 saturated carbocycles. The van der Waals surface area contributed by atoms with Crippen LogP contribution in [0.15, 0.2) is 60.0 Å². The van der Waals surface area contributed by atoms with Gasteiger partial charge in [0, 0.05) is 53.9 Å². The van der Waals surface area contributed by atoms with E-state index in [2.05, 4.69) is 51.8 Å². The monoisotopic (exact) mass is 503 g/mol. The van der Waals surface area contributed by atoms with Gasteiger partial charge in [-0.15, -0.1) is 6.58 Å². The first-order valence-electron chi connectivity index (χ1n) is 13.3. The van der Waals surface area contributed by atoms with Gasteiger partial charge in [-0.2, -0.15) is 0 Å². The van der Waals surface area contributed by atoms with Crippen molar-refractivity contribution in [1.82, 2.24) is 4.90 Å². The zero-order chi connectivity index (χ0) is 27.1. The van der Waals surface area contributed by atoms with Gasteiger partial charge in [0.2, 0.25) is 0 Å². The minimum atomic E-state index is -0.412. The molecule has 0 fully saturated rings. The number of nitrogens with zero attached hydrogens (tertiary/aromatic N) is 1. The molecule has 0 bridgehead atoms. The van der Waals surface area contributed by atoms with E-state index in [0.29, 0.717) is 44.0 Å². The molecule has 1 heterocycles. The Bertz CT molecular complexity index is 1160. The highest BCUT2D eigenvalue weighted by Gasteiger charge is 2.48. The fourth-order valence-corrected chi connectivity index (χ4v) is 6.22. The van der Waals surface area contributed by atoms with Crippen LogP contribution < -0.4 is 9.47 Å². The minimum Gasteiger partial charge on any atom is -0.490 e. The molecule has 0 amide bonds. The SMILES string of the molecule is C=CCOc1c(CC=C)cc(C2C3=C(CC(C)(C)CC3=O)N(C)C3=C2C(=O)CC(C)(C)C3)cc1OCC. The number of hydrogen-bond acceptors (Lipinski definition) is 5. The highest BCUT2D eigenvalue weighted by Crippen LogP contribution is 2.54. The Morgan fingerprint density at radius 1 is 0.919 bits per heavy atom. The summed E-state index contributed by atoms with van der Waals surface area (Å²) in [4.78, 5) is 29.8. The molecule has 3 aliphatic rings. The van der Waals surface area contributed by atoms with Crippen LogP contribution in [0.25, 0.3) is 0 Å². The van der Waals surface area contributed by atoms with E-state index in [9.17, 15) is 9.59 Å². The lowest BCUT2D eigenvalue weighted by Crippen LogP contribution is -2.43. The van der Waals surface area contributed by atoms with Crippen LogP contribution in [0.3, 0.4) is 0 Å². The first-order chi connectivity index (χ1) is 17.4. The van der Waals surface area contributed by atoms with Gasteiger partial charge in [0.25, 0.3) is 0 Å². The molecule has 0 unspecified atom stereocenters. The predicted molar refractivity (Wildman–Crippen MR) is 148 cm³/mol. The van der Waals surface area contributed by atoms with Gasteiger partial charge in [0.15, 0.2) is 23.1 Å². The van der Waals surface area contributed by atoms with Crippen molar-refractivity contribution in [3.8, 4) is 11.5 Å². The normalized spacial score (nSPS) is 21.0. The van der Waals surface area contributed by atoms with Crippen LogP contribution >= 0.6 is 0 Å². The van der Waals surface area contributed by atoms with Crippen LogP contribution in [0.4, 0.5) is 0 Å². The molecular formula is C32H41NO4. The van der Waals surface area contributed by atoms with Crippen LogP contribution in [0.1, 0.15) is 77.3 Å². The minimum absolute atomic E-state index is 0.127. The molecule has 0 N–H and O–H groups in total. The third-order valence-electron chi connectivity index (χ3n) is 7.68. The number of ketones is 2. The van der Waals surface area contributed by atoms with E-state index >= 15 is 0 Å². The van der Waals surface area contributed by atoms with E-state index in [1.807, 2.05) is 26.1 Å². The van der Waals surface area contributed by atoms with Crippen molar-refractivity contribution in [3.05, 3.63) is 71.1 Å². The van der Waals surface area contributed by atoms with Gasteiger partial charge in [-0.25, -0.2) is 0 Å². The smallest absolute Gasteiger partial charge is 0.165 e. The molecule has 198 valence electrons. The number of Topliss-reactive ketones (excluding diaryl/α,β-unsaturated/α-hetero) is 2. The van der Waals surface area contributed by atoms with Gasteiger partial charge in [-0.3, -0.25) is 9.59 Å². The van der Waals surface area contributed by atoms with Crippen molar-refractivity contribution < 1.29 is 19.1 Å². The number of rotatable bonds is 8. The Morgan fingerprint density at radius 2 is 1.49 bits per heavy atom. The number of hydrogen-bond donors (Lipinski definition) is 0. The zero-order valence-corrected chi connectivity index (χ0v) is 23.3. The van der Waals surface area contributed by atoms with Crippen LogP contribution in [0, 0.1) is 10.8 Å². The first kappa shape index (κ1) is 27.0. The maximum Gasteiger partial charge on any atom is 0.165 e. The van der Waals surface area contributed by atoms with Gasteiger partial charge in [-0.05, 0) is 48.6 Å². The molecule has 5 nitrogen and oxygen atoms in total. The molecule has 0 atom stereocenters. The molecule has 0 radical (unpaired) electrons. The number of benzene rings is 1. The number of allylic oxidation sites excluding steroid dienone is 5. The van der Waals surface area contributed by atoms with Gasteiger partial charge >= 0.3 is 0 Å². The highest BCUT2D eigenvalue weighted by molar-refractivity contribution is 6.06. The van der Waals surface area contributed by atoms with E-state index < -0.39 is 5.92 Å². The fourth-order valence-electron chi connectivity index (χ4n) is 6.22. The lowest BCUT2D eigenvalue weighted by Gasteiger charge is -2.48. The summed E-state index contributed by atoms with van der Waals surface area (Å²) < 4.78 is 12.1. The Morgan fingerprint density at radius 3 is 1.97 bits per heavy atom. The summed E-state index contributed by atoms with van der Waals surface area (Å²) in [7, 11) is 2.03. The fraction of sp³-hybridized carbons (Fsp3) is 0.500. The largest absolute Gasteiger partial charge is 0.490 e. The van der Waals surface area contributed by atoms with E-state index in [1.54, 1.807) is 6.08 Å². The molecule has 4 rings (SSSR count). The van der Waals surface area contributed by atoms with Crippen molar-refractivity contribution in [2.24, 2.45) is 10.8 Å². The number of carbonyl (C=O) groups excluding carboxylic acids is 2. The maximum absolute atomic E-state index is 13.8. The summed E-state index contributed by atoms with van der Waals surface area (Å²) in [6.45, 7) is 19.1. The Balaban J connectivity index is 2.00. The van der Waals surface area contributed by atoms with Crippen molar-refractivity contribution in [3.63, 3.8) is 0 Å². The van der Waals surface area contributed by atoms with E-state index in [-0.39, 0.29) is 22.4 Å². The van der Waals surface area contributed by atoms with Crippen LogP contribution in [0.5, 0.6) is 11.5 Å². The summed E-state index contributed by atoms with van der Waals surface area (Å²) in [5.74, 6) is 1.12. The van der Waals surface area contributed by atoms with Crippen LogP contribution in [-0.4, -0.2) is 36.7 Å². The third kappa shape index (κ3) is 5.05. The molecule has 1 aromatic carbocycles. The van der Waals surface area contributed by atoms with Crippen LogP contribution in [-0.2, 0) is 16.0 Å². The lowest BCUT2D eigenvalue weighted by atomic mass is 9.63. The molecule has 1 aromatic rings. The molecular weight excluding hydrogens is 462 g/mol. The predicted octanol–water partition coefficient (Wildman–Crippen LogP) is 6.69. The molecule has 37 heavy (non-hydrogen) atoms. The summed E-state index contributed by atoms with van der Waals surface area (Å²) >= 11 is 0. The standard InChI is InChI=1S/C32H41NO4/c1-9-12-20-14-21(15-26(36-11-3)30(20)37-13-10-2)27-28-22(16-31(4,5)18-24(28)34)33(8)23-17-32(6,7)19-25(35)29(23)27/h9-10,14-15,27H,1-2,11-13,16-19H2,3-8H3. The van der Waals surface area contributed by atoms with Crippen LogP contribution in [0.2, 0.25) is 0 Å². The molecule has 2 aliphatic carbocycles. The number of carbonyl (C=O) groups is 2. The second-order valence-electron chi connectivity index (χ2n) is 12.1. The summed E-state index contributed by atoms with van der Waals surface area (Å²) in [5.41, 5.74) is 5.19. The quantitative estimate of drug-likeness (QED) is 0.370.